The molecule has 0 aliphatic heterocycles. The van der Waals surface area contributed by atoms with Crippen molar-refractivity contribution in [2.24, 2.45) is 5.92 Å². The highest BCUT2D eigenvalue weighted by Gasteiger charge is 2.14. The number of rotatable bonds is 5. The van der Waals surface area contributed by atoms with Crippen molar-refractivity contribution in [1.82, 2.24) is 4.90 Å². The summed E-state index contributed by atoms with van der Waals surface area (Å²) < 4.78 is 0. The summed E-state index contributed by atoms with van der Waals surface area (Å²) in [6, 6.07) is 0.121. The molecule has 0 fully saturated rings. The zero-order valence-corrected chi connectivity index (χ0v) is 9.73. The largest absolute Gasteiger partial charge is 0.478 e. The predicted octanol–water partition coefficient (Wildman–Crippen LogP) is 1.52. The minimum atomic E-state index is -1.10. The van der Waals surface area contributed by atoms with Crippen molar-refractivity contribution >= 4 is 11.9 Å². The molecule has 0 aliphatic rings. The maximum absolute atomic E-state index is 11.4. The van der Waals surface area contributed by atoms with Crippen LogP contribution in [0.3, 0.4) is 0 Å². The van der Waals surface area contributed by atoms with Crippen LogP contribution in [-0.4, -0.2) is 35.0 Å². The second-order valence-electron chi connectivity index (χ2n) is 4.10. The van der Waals surface area contributed by atoms with Crippen molar-refractivity contribution in [3.05, 3.63) is 12.2 Å². The number of likely N-dealkylation sites (N-methyl/N-ethyl adjacent to an activating group) is 1. The van der Waals surface area contributed by atoms with E-state index in [-0.39, 0.29) is 11.9 Å². The van der Waals surface area contributed by atoms with Gasteiger partial charge >= 0.3 is 5.97 Å². The molecule has 0 aromatic rings. The van der Waals surface area contributed by atoms with Gasteiger partial charge in [0.2, 0.25) is 5.91 Å². The van der Waals surface area contributed by atoms with Crippen LogP contribution in [0.2, 0.25) is 0 Å². The number of nitrogens with zero attached hydrogens (tertiary/aromatic N) is 1. The Morgan fingerprint density at radius 3 is 2.20 bits per heavy atom. The summed E-state index contributed by atoms with van der Waals surface area (Å²) in [7, 11) is 1.68. The molecule has 0 bridgehead atoms. The van der Waals surface area contributed by atoms with E-state index in [2.05, 4.69) is 13.8 Å². The first-order valence-corrected chi connectivity index (χ1v) is 5.02. The van der Waals surface area contributed by atoms with Crippen molar-refractivity contribution in [1.29, 1.82) is 0 Å². The fourth-order valence-corrected chi connectivity index (χ4v) is 1.32. The number of carboxylic acids is 1. The molecule has 0 saturated heterocycles. The van der Waals surface area contributed by atoms with Gasteiger partial charge in [-0.2, -0.15) is 0 Å². The van der Waals surface area contributed by atoms with E-state index in [0.29, 0.717) is 5.92 Å². The van der Waals surface area contributed by atoms with E-state index < -0.39 is 5.97 Å². The predicted molar refractivity (Wildman–Crippen MR) is 58.5 cm³/mol. The molecule has 0 spiro atoms. The standard InChI is InChI=1S/C11H19NO3/c1-8(2)7-9(3)12(4)10(13)5-6-11(14)15/h5-6,8-9H,7H2,1-4H3,(H,14,15)/b6-5+. The van der Waals surface area contributed by atoms with Crippen LogP contribution in [0.15, 0.2) is 12.2 Å². The van der Waals surface area contributed by atoms with Crippen molar-refractivity contribution in [2.45, 2.75) is 33.2 Å². The lowest BCUT2D eigenvalue weighted by Crippen LogP contribution is -2.34. The van der Waals surface area contributed by atoms with Crippen LogP contribution in [-0.2, 0) is 9.59 Å². The third-order valence-corrected chi connectivity index (χ3v) is 2.19. The third kappa shape index (κ3) is 5.88. The highest BCUT2D eigenvalue weighted by Crippen LogP contribution is 2.09. The highest BCUT2D eigenvalue weighted by molar-refractivity contribution is 5.93. The second kappa shape index (κ2) is 6.22. The van der Waals surface area contributed by atoms with E-state index >= 15 is 0 Å². The highest BCUT2D eigenvalue weighted by atomic mass is 16.4. The lowest BCUT2D eigenvalue weighted by Gasteiger charge is -2.25. The Balaban J connectivity index is 4.25. The Labute approximate surface area is 90.6 Å². The number of amides is 1. The molecule has 86 valence electrons. The number of carboxylic acid groups (broad SMARTS) is 1. The van der Waals surface area contributed by atoms with Crippen molar-refractivity contribution in [3.8, 4) is 0 Å². The van der Waals surface area contributed by atoms with Gasteiger partial charge in [0.25, 0.3) is 0 Å². The van der Waals surface area contributed by atoms with Gasteiger partial charge in [-0.3, -0.25) is 4.79 Å². The minimum absolute atomic E-state index is 0.121. The first-order valence-electron chi connectivity index (χ1n) is 5.02. The Morgan fingerprint density at radius 2 is 1.80 bits per heavy atom. The molecule has 1 amide bonds. The maximum Gasteiger partial charge on any atom is 0.328 e. The lowest BCUT2D eigenvalue weighted by atomic mass is 10.0. The molecule has 0 aromatic heterocycles. The SMILES string of the molecule is CC(C)CC(C)N(C)C(=O)/C=C/C(=O)O. The third-order valence-electron chi connectivity index (χ3n) is 2.19. The number of hydrogen-bond donors (Lipinski definition) is 1. The Hall–Kier alpha value is -1.32. The first kappa shape index (κ1) is 13.7. The molecule has 4 nitrogen and oxygen atoms in total. The van der Waals surface area contributed by atoms with Gasteiger partial charge in [-0.25, -0.2) is 4.79 Å². The molecule has 0 aromatic carbocycles. The molecule has 15 heavy (non-hydrogen) atoms. The van der Waals surface area contributed by atoms with Gasteiger partial charge in [0.05, 0.1) is 0 Å². The molecule has 0 rings (SSSR count). The summed E-state index contributed by atoms with van der Waals surface area (Å²) in [5.41, 5.74) is 0. The van der Waals surface area contributed by atoms with Gasteiger partial charge in [0.1, 0.15) is 0 Å². The van der Waals surface area contributed by atoms with E-state index in [4.69, 9.17) is 5.11 Å². The number of hydrogen-bond acceptors (Lipinski definition) is 2. The summed E-state index contributed by atoms with van der Waals surface area (Å²) in [4.78, 5) is 23.2. The Bertz CT molecular complexity index is 259. The molecule has 1 unspecified atom stereocenters. The average molecular weight is 213 g/mol. The number of aliphatic carboxylic acids is 1. The summed E-state index contributed by atoms with van der Waals surface area (Å²) in [5.74, 6) is -0.863. The molecule has 1 atom stereocenters. The van der Waals surface area contributed by atoms with Crippen LogP contribution in [0.5, 0.6) is 0 Å². The van der Waals surface area contributed by atoms with Gasteiger partial charge in [0.15, 0.2) is 0 Å². The fraction of sp³-hybridized carbons (Fsp3) is 0.636. The van der Waals surface area contributed by atoms with E-state index in [1.54, 1.807) is 11.9 Å². The molecule has 0 aliphatic carbocycles. The molecule has 4 heteroatoms. The van der Waals surface area contributed by atoms with Gasteiger partial charge in [-0.1, -0.05) is 13.8 Å². The van der Waals surface area contributed by atoms with E-state index in [1.807, 2.05) is 6.92 Å². The summed E-state index contributed by atoms with van der Waals surface area (Å²) in [6.45, 7) is 6.12. The second-order valence-corrected chi connectivity index (χ2v) is 4.10. The van der Waals surface area contributed by atoms with Crippen LogP contribution >= 0.6 is 0 Å². The monoisotopic (exact) mass is 213 g/mol. The molecule has 0 radical (unpaired) electrons. The van der Waals surface area contributed by atoms with Crippen molar-refractivity contribution < 1.29 is 14.7 Å². The van der Waals surface area contributed by atoms with Crippen molar-refractivity contribution in [2.75, 3.05) is 7.05 Å². The average Bonchev–Trinajstić information content (AvgIpc) is 2.11. The van der Waals surface area contributed by atoms with Gasteiger partial charge in [0, 0.05) is 25.2 Å². The smallest absolute Gasteiger partial charge is 0.328 e. The van der Waals surface area contributed by atoms with Crippen LogP contribution in [0.4, 0.5) is 0 Å². The van der Waals surface area contributed by atoms with Crippen LogP contribution in [0.1, 0.15) is 27.2 Å². The Kier molecular flexibility index (Phi) is 5.67. The maximum atomic E-state index is 11.4. The molecule has 0 heterocycles. The van der Waals surface area contributed by atoms with Crippen LogP contribution < -0.4 is 0 Å². The molecule has 1 N–H and O–H groups in total. The van der Waals surface area contributed by atoms with Gasteiger partial charge in [-0.05, 0) is 19.3 Å². The fourth-order valence-electron chi connectivity index (χ4n) is 1.32. The number of carbonyl (C=O) groups is 2. The van der Waals surface area contributed by atoms with Crippen LogP contribution in [0, 0.1) is 5.92 Å². The van der Waals surface area contributed by atoms with Gasteiger partial charge in [-0.15, -0.1) is 0 Å². The summed E-state index contributed by atoms with van der Waals surface area (Å²) >= 11 is 0. The summed E-state index contributed by atoms with van der Waals surface area (Å²) in [6.07, 6.45) is 2.85. The van der Waals surface area contributed by atoms with Crippen molar-refractivity contribution in [3.63, 3.8) is 0 Å². The zero-order valence-electron chi connectivity index (χ0n) is 9.73. The summed E-state index contributed by atoms with van der Waals surface area (Å²) in [5, 5.41) is 8.37. The quantitative estimate of drug-likeness (QED) is 0.704. The minimum Gasteiger partial charge on any atom is -0.478 e. The van der Waals surface area contributed by atoms with E-state index in [9.17, 15) is 9.59 Å². The number of carbonyl (C=O) groups excluding carboxylic acids is 1. The lowest BCUT2D eigenvalue weighted by molar-refractivity contribution is -0.132. The first-order chi connectivity index (χ1) is 6.84. The van der Waals surface area contributed by atoms with E-state index in [1.165, 1.54) is 0 Å². The van der Waals surface area contributed by atoms with E-state index in [0.717, 1.165) is 18.6 Å². The topological polar surface area (TPSA) is 57.6 Å². The van der Waals surface area contributed by atoms with Gasteiger partial charge < -0.3 is 10.0 Å². The van der Waals surface area contributed by atoms with Crippen LogP contribution in [0.25, 0.3) is 0 Å². The zero-order chi connectivity index (χ0) is 12.0. The molecular formula is C11H19NO3. The Morgan fingerprint density at radius 1 is 1.27 bits per heavy atom. The molecular weight excluding hydrogens is 194 g/mol. The normalized spacial score (nSPS) is 13.1. The molecule has 0 saturated carbocycles.